The molecule has 0 spiro atoms. The summed E-state index contributed by atoms with van der Waals surface area (Å²) in [6.07, 6.45) is 3.89. The van der Waals surface area contributed by atoms with Crippen LogP contribution < -0.4 is 5.32 Å². The van der Waals surface area contributed by atoms with Crippen LogP contribution in [0.1, 0.15) is 6.92 Å². The van der Waals surface area contributed by atoms with E-state index in [1.54, 1.807) is 11.3 Å². The predicted octanol–water partition coefficient (Wildman–Crippen LogP) is 4.79. The molecule has 0 fully saturated rings. The molecule has 5 heteroatoms. The van der Waals surface area contributed by atoms with Crippen molar-refractivity contribution in [1.29, 1.82) is 0 Å². The van der Waals surface area contributed by atoms with Gasteiger partial charge in [-0.05, 0) is 18.6 Å². The maximum atomic E-state index is 4.65. The Balaban J connectivity index is 1.81. The zero-order valence-corrected chi connectivity index (χ0v) is 13.5. The molecule has 2 N–H and O–H groups in total. The second-order valence-electron chi connectivity index (χ2n) is 5.26. The highest BCUT2D eigenvalue weighted by Crippen LogP contribution is 2.32. The van der Waals surface area contributed by atoms with Gasteiger partial charge in [-0.25, -0.2) is 9.97 Å². The third-order valence-corrected chi connectivity index (χ3v) is 4.55. The number of hydrogen-bond donors (Lipinski definition) is 2. The number of benzene rings is 1. The van der Waals surface area contributed by atoms with Crippen molar-refractivity contribution in [2.24, 2.45) is 0 Å². The SMILES string of the molecule is CCNc1nc(-c2c[nH]c3ncc(-c4ccccc4)cc23)cs1. The Morgan fingerprint density at radius 2 is 2.04 bits per heavy atom. The van der Waals surface area contributed by atoms with Crippen molar-refractivity contribution in [3.63, 3.8) is 0 Å². The highest BCUT2D eigenvalue weighted by atomic mass is 32.1. The molecule has 0 aliphatic rings. The van der Waals surface area contributed by atoms with Gasteiger partial charge in [-0.3, -0.25) is 0 Å². The number of rotatable bonds is 4. The van der Waals surface area contributed by atoms with Gasteiger partial charge in [-0.1, -0.05) is 30.3 Å². The van der Waals surface area contributed by atoms with Crippen molar-refractivity contribution < 1.29 is 0 Å². The third-order valence-electron chi connectivity index (χ3n) is 3.75. The maximum Gasteiger partial charge on any atom is 0.183 e. The fourth-order valence-electron chi connectivity index (χ4n) is 2.63. The number of anilines is 1. The number of H-pyrrole nitrogens is 1. The lowest BCUT2D eigenvalue weighted by Gasteiger charge is -2.02. The van der Waals surface area contributed by atoms with E-state index in [0.29, 0.717) is 0 Å². The summed E-state index contributed by atoms with van der Waals surface area (Å²) in [7, 11) is 0. The molecule has 3 heterocycles. The van der Waals surface area contributed by atoms with Crippen LogP contribution in [-0.4, -0.2) is 21.5 Å². The molecule has 0 aliphatic carbocycles. The predicted molar refractivity (Wildman–Crippen MR) is 96.8 cm³/mol. The van der Waals surface area contributed by atoms with Crippen LogP contribution in [0.15, 0.2) is 54.2 Å². The highest BCUT2D eigenvalue weighted by molar-refractivity contribution is 7.14. The Kier molecular flexibility index (Phi) is 3.55. The summed E-state index contributed by atoms with van der Waals surface area (Å²) in [5.74, 6) is 0. The van der Waals surface area contributed by atoms with Crippen LogP contribution >= 0.6 is 11.3 Å². The molecule has 0 unspecified atom stereocenters. The highest BCUT2D eigenvalue weighted by Gasteiger charge is 2.11. The number of hydrogen-bond acceptors (Lipinski definition) is 4. The van der Waals surface area contributed by atoms with Gasteiger partial charge in [0.15, 0.2) is 5.13 Å². The average Bonchev–Trinajstić information content (AvgIpc) is 3.22. The Morgan fingerprint density at radius 3 is 2.87 bits per heavy atom. The molecule has 4 aromatic rings. The minimum absolute atomic E-state index is 0.876. The molecular weight excluding hydrogens is 304 g/mol. The summed E-state index contributed by atoms with van der Waals surface area (Å²) in [5.41, 5.74) is 5.23. The quantitative estimate of drug-likeness (QED) is 0.568. The minimum atomic E-state index is 0.876. The zero-order chi connectivity index (χ0) is 15.6. The summed E-state index contributed by atoms with van der Waals surface area (Å²) in [5, 5.41) is 7.38. The van der Waals surface area contributed by atoms with Crippen molar-refractivity contribution in [1.82, 2.24) is 15.0 Å². The van der Waals surface area contributed by atoms with Gasteiger partial charge in [0, 0.05) is 40.8 Å². The molecule has 0 saturated heterocycles. The van der Waals surface area contributed by atoms with Gasteiger partial charge in [-0.2, -0.15) is 0 Å². The zero-order valence-electron chi connectivity index (χ0n) is 12.7. The maximum absolute atomic E-state index is 4.65. The van der Waals surface area contributed by atoms with Gasteiger partial charge >= 0.3 is 0 Å². The van der Waals surface area contributed by atoms with Crippen molar-refractivity contribution >= 4 is 27.5 Å². The number of aromatic amines is 1. The Hall–Kier alpha value is -2.66. The molecule has 4 rings (SSSR count). The van der Waals surface area contributed by atoms with Crippen molar-refractivity contribution in [3.05, 3.63) is 54.2 Å². The molecule has 0 amide bonds. The first kappa shape index (κ1) is 14.0. The van der Waals surface area contributed by atoms with Gasteiger partial charge in [0.25, 0.3) is 0 Å². The minimum Gasteiger partial charge on any atom is -0.362 e. The molecule has 3 aromatic heterocycles. The lowest BCUT2D eigenvalue weighted by Crippen LogP contribution is -1.94. The van der Waals surface area contributed by atoms with E-state index < -0.39 is 0 Å². The van der Waals surface area contributed by atoms with E-state index in [1.807, 2.05) is 30.6 Å². The van der Waals surface area contributed by atoms with Crippen molar-refractivity contribution in [2.75, 3.05) is 11.9 Å². The van der Waals surface area contributed by atoms with Crippen LogP contribution in [0, 0.1) is 0 Å². The normalized spacial score (nSPS) is 11.0. The lowest BCUT2D eigenvalue weighted by atomic mass is 10.1. The van der Waals surface area contributed by atoms with Crippen LogP contribution in [0.5, 0.6) is 0 Å². The van der Waals surface area contributed by atoms with E-state index in [1.165, 1.54) is 5.56 Å². The largest absolute Gasteiger partial charge is 0.362 e. The smallest absolute Gasteiger partial charge is 0.183 e. The first-order valence-corrected chi connectivity index (χ1v) is 8.45. The number of pyridine rings is 1. The molecule has 23 heavy (non-hydrogen) atoms. The van der Waals surface area contributed by atoms with Crippen LogP contribution in [0.3, 0.4) is 0 Å². The fourth-order valence-corrected chi connectivity index (χ4v) is 3.42. The molecule has 0 bridgehead atoms. The number of nitrogens with one attached hydrogen (secondary N) is 2. The molecule has 4 nitrogen and oxygen atoms in total. The van der Waals surface area contributed by atoms with Crippen LogP contribution in [0.4, 0.5) is 5.13 Å². The molecule has 0 saturated carbocycles. The molecule has 0 radical (unpaired) electrons. The van der Waals surface area contributed by atoms with Gasteiger partial charge in [0.2, 0.25) is 0 Å². The summed E-state index contributed by atoms with van der Waals surface area (Å²) >= 11 is 1.62. The van der Waals surface area contributed by atoms with E-state index >= 15 is 0 Å². The second kappa shape index (κ2) is 5.85. The Morgan fingerprint density at radius 1 is 1.17 bits per heavy atom. The Bertz CT molecular complexity index is 940. The number of aromatic nitrogens is 3. The molecule has 1 aromatic carbocycles. The van der Waals surface area contributed by atoms with Gasteiger partial charge in [0.1, 0.15) is 5.65 Å². The summed E-state index contributed by atoms with van der Waals surface area (Å²) in [4.78, 5) is 12.4. The first-order chi connectivity index (χ1) is 11.3. The van der Waals surface area contributed by atoms with Crippen LogP contribution in [-0.2, 0) is 0 Å². The molecule has 0 atom stereocenters. The van der Waals surface area contributed by atoms with E-state index in [2.05, 4.69) is 50.8 Å². The third kappa shape index (κ3) is 2.59. The average molecular weight is 320 g/mol. The van der Waals surface area contributed by atoms with Crippen molar-refractivity contribution in [3.8, 4) is 22.4 Å². The summed E-state index contributed by atoms with van der Waals surface area (Å²) in [6, 6.07) is 12.5. The number of nitrogens with zero attached hydrogens (tertiary/aromatic N) is 2. The monoisotopic (exact) mass is 320 g/mol. The Labute approximate surface area is 138 Å². The topological polar surface area (TPSA) is 53.6 Å². The number of fused-ring (bicyclic) bond motifs is 1. The van der Waals surface area contributed by atoms with Gasteiger partial charge in [-0.15, -0.1) is 11.3 Å². The molecule has 0 aliphatic heterocycles. The van der Waals surface area contributed by atoms with E-state index in [4.69, 9.17) is 0 Å². The first-order valence-electron chi connectivity index (χ1n) is 7.57. The van der Waals surface area contributed by atoms with Gasteiger partial charge in [0.05, 0.1) is 5.69 Å². The van der Waals surface area contributed by atoms with Gasteiger partial charge < -0.3 is 10.3 Å². The van der Waals surface area contributed by atoms with E-state index in [-0.39, 0.29) is 0 Å². The lowest BCUT2D eigenvalue weighted by molar-refractivity contribution is 1.19. The molecular formula is C18H16N4S. The van der Waals surface area contributed by atoms with E-state index in [9.17, 15) is 0 Å². The second-order valence-corrected chi connectivity index (χ2v) is 6.11. The van der Waals surface area contributed by atoms with E-state index in [0.717, 1.165) is 39.5 Å². The number of thiazole rings is 1. The van der Waals surface area contributed by atoms with Crippen molar-refractivity contribution in [2.45, 2.75) is 6.92 Å². The fraction of sp³-hybridized carbons (Fsp3) is 0.111. The van der Waals surface area contributed by atoms with Crippen LogP contribution in [0.25, 0.3) is 33.4 Å². The van der Waals surface area contributed by atoms with Crippen LogP contribution in [0.2, 0.25) is 0 Å². The molecule has 114 valence electrons. The summed E-state index contributed by atoms with van der Waals surface area (Å²) < 4.78 is 0. The summed E-state index contributed by atoms with van der Waals surface area (Å²) in [6.45, 7) is 2.95. The standard InChI is InChI=1S/C18H16N4S/c1-2-19-18-22-16(11-23-18)15-10-21-17-14(15)8-13(9-20-17)12-6-4-3-5-7-12/h3-11H,2H2,1H3,(H,19,22)(H,20,21).